The number of rotatable bonds is 8. The molecule has 0 spiro atoms. The average Bonchev–Trinajstić information content (AvgIpc) is 3.11. The molecule has 1 aliphatic rings. The Morgan fingerprint density at radius 2 is 2.38 bits per heavy atom. The quantitative estimate of drug-likeness (QED) is 0.793. The highest BCUT2D eigenvalue weighted by Gasteiger charge is 2.31. The molecule has 120 valence electrons. The molecule has 0 radical (unpaired) electrons. The van der Waals surface area contributed by atoms with Crippen molar-refractivity contribution in [1.82, 2.24) is 20.0 Å². The Bertz CT molecular complexity index is 429. The second-order valence-electron chi connectivity index (χ2n) is 5.78. The molecule has 5 nitrogen and oxygen atoms in total. The summed E-state index contributed by atoms with van der Waals surface area (Å²) in [5.41, 5.74) is 1.22. The van der Waals surface area contributed by atoms with Gasteiger partial charge in [-0.05, 0) is 44.5 Å². The first kappa shape index (κ1) is 16.6. The van der Waals surface area contributed by atoms with Crippen LogP contribution in [0.2, 0.25) is 0 Å². The highest BCUT2D eigenvalue weighted by atomic mass is 32.2. The van der Waals surface area contributed by atoms with Crippen molar-refractivity contribution >= 4 is 11.8 Å². The number of likely N-dealkylation sites (N-methyl/N-ethyl adjacent to an activating group) is 1. The summed E-state index contributed by atoms with van der Waals surface area (Å²) in [6.45, 7) is 5.01. The van der Waals surface area contributed by atoms with Crippen LogP contribution in [0.25, 0.3) is 0 Å². The number of nitrogens with one attached hydrogen (secondary N) is 1. The molecule has 0 aromatic carbocycles. The van der Waals surface area contributed by atoms with Crippen molar-refractivity contribution in [3.63, 3.8) is 0 Å². The van der Waals surface area contributed by atoms with Gasteiger partial charge in [0.2, 0.25) is 0 Å². The second-order valence-corrected chi connectivity index (χ2v) is 6.93. The van der Waals surface area contributed by atoms with E-state index in [1.165, 1.54) is 23.6 Å². The van der Waals surface area contributed by atoms with Gasteiger partial charge in [0.1, 0.15) is 0 Å². The molecule has 2 atom stereocenters. The maximum Gasteiger partial charge on any atom is 0.161 e. The highest BCUT2D eigenvalue weighted by Crippen LogP contribution is 2.37. The number of nitrogens with zero attached hydrogens (tertiary/aromatic N) is 3. The number of hydrogen-bond acceptors (Lipinski definition) is 5. The van der Waals surface area contributed by atoms with Crippen LogP contribution < -0.4 is 10.1 Å². The molecule has 1 saturated heterocycles. The third-order valence-corrected chi connectivity index (χ3v) is 5.17. The van der Waals surface area contributed by atoms with Crippen molar-refractivity contribution in [2.75, 3.05) is 45.8 Å². The summed E-state index contributed by atoms with van der Waals surface area (Å²) in [4.78, 5) is 2.19. The Labute approximate surface area is 132 Å². The van der Waals surface area contributed by atoms with E-state index < -0.39 is 0 Å². The number of aromatic nitrogens is 2. The normalized spacial score (nSPS) is 20.1. The van der Waals surface area contributed by atoms with E-state index in [9.17, 15) is 0 Å². The molecule has 6 heteroatoms. The summed E-state index contributed by atoms with van der Waals surface area (Å²) in [5.74, 6) is 4.07. The van der Waals surface area contributed by atoms with Gasteiger partial charge in [-0.1, -0.05) is 6.92 Å². The lowest BCUT2D eigenvalue weighted by Gasteiger charge is -2.26. The van der Waals surface area contributed by atoms with Gasteiger partial charge in [0, 0.05) is 6.54 Å². The first-order valence-corrected chi connectivity index (χ1v) is 8.88. The first-order chi connectivity index (χ1) is 10.2. The predicted molar refractivity (Wildman–Crippen MR) is 89.2 cm³/mol. The molecule has 2 heterocycles. The maximum atomic E-state index is 5.58. The third-order valence-electron chi connectivity index (χ3n) is 3.98. The molecule has 1 N–H and O–H groups in total. The Morgan fingerprint density at radius 1 is 1.57 bits per heavy atom. The lowest BCUT2D eigenvalue weighted by molar-refractivity contribution is 0.327. The zero-order valence-electron chi connectivity index (χ0n) is 13.6. The molecule has 1 fully saturated rings. The molecule has 0 aliphatic carbocycles. The molecule has 0 bridgehead atoms. The van der Waals surface area contributed by atoms with Gasteiger partial charge in [-0.3, -0.25) is 4.68 Å². The van der Waals surface area contributed by atoms with Gasteiger partial charge < -0.3 is 15.0 Å². The van der Waals surface area contributed by atoms with Gasteiger partial charge in [0.25, 0.3) is 0 Å². The summed E-state index contributed by atoms with van der Waals surface area (Å²) in [7, 11) is 5.93. The van der Waals surface area contributed by atoms with Gasteiger partial charge in [-0.25, -0.2) is 0 Å². The minimum Gasteiger partial charge on any atom is -0.493 e. The van der Waals surface area contributed by atoms with E-state index in [-0.39, 0.29) is 0 Å². The molecule has 1 aliphatic heterocycles. The number of hydrogen-bond donors (Lipinski definition) is 1. The molecular formula is C15H28N4OS. The Morgan fingerprint density at radius 3 is 2.95 bits per heavy atom. The molecule has 1 aromatic rings. The topological polar surface area (TPSA) is 42.3 Å². The van der Waals surface area contributed by atoms with Crippen LogP contribution in [-0.4, -0.2) is 60.5 Å². The van der Waals surface area contributed by atoms with Gasteiger partial charge in [0.15, 0.2) is 5.75 Å². The summed E-state index contributed by atoms with van der Waals surface area (Å²) in [5, 5.41) is 8.21. The average molecular weight is 312 g/mol. The number of methoxy groups -OCH3 is 1. The summed E-state index contributed by atoms with van der Waals surface area (Å²) in [6.07, 6.45) is 3.13. The van der Waals surface area contributed by atoms with E-state index >= 15 is 0 Å². The molecule has 2 unspecified atom stereocenters. The van der Waals surface area contributed by atoms with Crippen LogP contribution >= 0.6 is 11.8 Å². The summed E-state index contributed by atoms with van der Waals surface area (Å²) >= 11 is 2.05. The monoisotopic (exact) mass is 312 g/mol. The van der Waals surface area contributed by atoms with Crippen LogP contribution in [0, 0.1) is 5.92 Å². The van der Waals surface area contributed by atoms with Crippen molar-refractivity contribution in [2.24, 2.45) is 5.92 Å². The van der Waals surface area contributed by atoms with Crippen LogP contribution in [0.3, 0.4) is 0 Å². The van der Waals surface area contributed by atoms with Gasteiger partial charge >= 0.3 is 0 Å². The fraction of sp³-hybridized carbons (Fsp3) is 0.800. The molecule has 1 aromatic heterocycles. The highest BCUT2D eigenvalue weighted by molar-refractivity contribution is 7.99. The summed E-state index contributed by atoms with van der Waals surface area (Å²) < 4.78 is 7.70. The van der Waals surface area contributed by atoms with Crippen molar-refractivity contribution in [3.05, 3.63) is 11.9 Å². The van der Waals surface area contributed by atoms with Crippen LogP contribution in [0.5, 0.6) is 5.75 Å². The minimum atomic E-state index is 0.338. The predicted octanol–water partition coefficient (Wildman–Crippen LogP) is 1.86. The lowest BCUT2D eigenvalue weighted by Crippen LogP contribution is -2.32. The fourth-order valence-electron chi connectivity index (χ4n) is 2.84. The zero-order valence-corrected chi connectivity index (χ0v) is 14.4. The fourth-order valence-corrected chi connectivity index (χ4v) is 4.14. The van der Waals surface area contributed by atoms with Crippen molar-refractivity contribution in [2.45, 2.75) is 25.9 Å². The van der Waals surface area contributed by atoms with Crippen LogP contribution in [0.15, 0.2) is 6.20 Å². The molecule has 21 heavy (non-hydrogen) atoms. The molecule has 0 saturated carbocycles. The summed E-state index contributed by atoms with van der Waals surface area (Å²) in [6, 6.07) is 0.338. The van der Waals surface area contributed by atoms with E-state index in [1.54, 1.807) is 7.11 Å². The van der Waals surface area contributed by atoms with Crippen LogP contribution in [0.1, 0.15) is 25.1 Å². The maximum absolute atomic E-state index is 5.58. The number of thioether (sulfide) groups is 1. The Hall–Kier alpha value is -0.720. The Kier molecular flexibility index (Phi) is 6.39. The van der Waals surface area contributed by atoms with Crippen molar-refractivity contribution in [3.8, 4) is 5.75 Å². The van der Waals surface area contributed by atoms with Crippen molar-refractivity contribution in [1.29, 1.82) is 0 Å². The SMILES string of the molecule is CCNC(c1c(OC)cnn1CCN(C)C)C1CCSC1. The molecule has 0 amide bonds. The van der Waals surface area contributed by atoms with E-state index in [0.29, 0.717) is 12.0 Å². The Balaban J connectivity index is 2.25. The third kappa shape index (κ3) is 4.14. The van der Waals surface area contributed by atoms with Gasteiger partial charge in [-0.15, -0.1) is 0 Å². The van der Waals surface area contributed by atoms with E-state index in [0.717, 1.165) is 25.4 Å². The minimum absolute atomic E-state index is 0.338. The second kappa shape index (κ2) is 8.06. The van der Waals surface area contributed by atoms with Crippen LogP contribution in [0.4, 0.5) is 0 Å². The van der Waals surface area contributed by atoms with E-state index in [2.05, 4.69) is 52.8 Å². The largest absolute Gasteiger partial charge is 0.493 e. The number of ether oxygens (including phenoxy) is 1. The van der Waals surface area contributed by atoms with E-state index in [1.807, 2.05) is 6.20 Å². The smallest absolute Gasteiger partial charge is 0.161 e. The van der Waals surface area contributed by atoms with Crippen LogP contribution in [-0.2, 0) is 6.54 Å². The first-order valence-electron chi connectivity index (χ1n) is 7.72. The van der Waals surface area contributed by atoms with Gasteiger partial charge in [-0.2, -0.15) is 16.9 Å². The molecular weight excluding hydrogens is 284 g/mol. The van der Waals surface area contributed by atoms with Crippen molar-refractivity contribution < 1.29 is 4.74 Å². The zero-order chi connectivity index (χ0) is 15.2. The van der Waals surface area contributed by atoms with Gasteiger partial charge in [0.05, 0.1) is 31.6 Å². The molecule has 2 rings (SSSR count). The lowest BCUT2D eigenvalue weighted by atomic mass is 9.95. The van der Waals surface area contributed by atoms with E-state index in [4.69, 9.17) is 4.74 Å². The standard InChI is InChI=1S/C15H28N4OS/c1-5-16-14(12-6-9-21-11-12)15-13(20-4)10-17-19(15)8-7-18(2)3/h10,12,14,16H,5-9,11H2,1-4H3.